The largest absolute Gasteiger partial charge is 0.455 e. The monoisotopic (exact) mass is 510 g/mol. The molecule has 186 valence electrons. The highest BCUT2D eigenvalue weighted by molar-refractivity contribution is 6.11. The van der Waals surface area contributed by atoms with Gasteiger partial charge in [0.1, 0.15) is 11.2 Å². The number of benzene rings is 6. The van der Waals surface area contributed by atoms with Gasteiger partial charge in [0.25, 0.3) is 0 Å². The Morgan fingerprint density at radius 3 is 1.85 bits per heavy atom. The van der Waals surface area contributed by atoms with Gasteiger partial charge in [-0.05, 0) is 41.0 Å². The lowest BCUT2D eigenvalue weighted by Crippen LogP contribution is -1.98. The first-order valence-corrected chi connectivity index (χ1v) is 13.3. The molecule has 0 atom stereocenters. The van der Waals surface area contributed by atoms with E-state index >= 15 is 0 Å². The van der Waals surface area contributed by atoms with Crippen LogP contribution in [0.15, 0.2) is 138 Å². The second-order valence-electron chi connectivity index (χ2n) is 10.0. The van der Waals surface area contributed by atoms with E-state index in [1.54, 1.807) is 0 Å². The fraction of sp³-hybridized carbons (Fsp3) is 0. The molecule has 0 aliphatic carbocycles. The minimum atomic E-state index is 0.619. The molecule has 8 rings (SSSR count). The van der Waals surface area contributed by atoms with Crippen molar-refractivity contribution in [2.75, 3.05) is 0 Å². The highest BCUT2D eigenvalue weighted by Gasteiger charge is 2.19. The Morgan fingerprint density at radius 2 is 1.10 bits per heavy atom. The second kappa shape index (κ2) is 8.73. The van der Waals surface area contributed by atoms with Crippen molar-refractivity contribution in [3.63, 3.8) is 0 Å². The van der Waals surface area contributed by atoms with Gasteiger partial charge in [-0.2, -0.15) is 0 Å². The van der Waals surface area contributed by atoms with Crippen molar-refractivity contribution in [1.29, 1.82) is 0 Å². The number of furan rings is 1. The Balaban J connectivity index is 1.39. The zero-order chi connectivity index (χ0) is 26.6. The van der Waals surface area contributed by atoms with Crippen LogP contribution in [0.3, 0.4) is 0 Å². The molecule has 0 spiro atoms. The summed E-state index contributed by atoms with van der Waals surface area (Å²) in [7, 11) is 0. The summed E-state index contributed by atoms with van der Waals surface area (Å²) in [6.07, 6.45) is 0. The van der Waals surface area contributed by atoms with Gasteiger partial charge < -0.3 is 8.98 Å². The first-order chi connectivity index (χ1) is 19.8. The molecule has 0 radical (unpaired) electrons. The van der Waals surface area contributed by atoms with Crippen LogP contribution >= 0.6 is 0 Å². The van der Waals surface area contributed by atoms with Crippen LogP contribution in [0.4, 0.5) is 5.69 Å². The van der Waals surface area contributed by atoms with Gasteiger partial charge in [0.2, 0.25) is 5.69 Å². The van der Waals surface area contributed by atoms with Crippen molar-refractivity contribution in [2.45, 2.75) is 0 Å². The Labute approximate surface area is 231 Å². The van der Waals surface area contributed by atoms with Crippen LogP contribution in [0.2, 0.25) is 0 Å². The molecule has 0 unspecified atom stereocenters. The maximum absolute atomic E-state index is 8.08. The van der Waals surface area contributed by atoms with Crippen molar-refractivity contribution in [1.82, 2.24) is 4.57 Å². The van der Waals surface area contributed by atoms with E-state index in [1.807, 2.05) is 30.3 Å². The zero-order valence-corrected chi connectivity index (χ0v) is 21.5. The van der Waals surface area contributed by atoms with E-state index in [2.05, 4.69) is 113 Å². The summed E-state index contributed by atoms with van der Waals surface area (Å²) >= 11 is 0. The Hall–Kier alpha value is -5.59. The van der Waals surface area contributed by atoms with Crippen LogP contribution < -0.4 is 0 Å². The minimum absolute atomic E-state index is 0.619. The number of nitrogens with zero attached hydrogens (tertiary/aromatic N) is 2. The maximum atomic E-state index is 8.08. The fourth-order valence-corrected chi connectivity index (χ4v) is 6.08. The zero-order valence-electron chi connectivity index (χ0n) is 21.5. The van der Waals surface area contributed by atoms with Crippen LogP contribution in [-0.4, -0.2) is 4.57 Å². The molecule has 8 aromatic rings. The van der Waals surface area contributed by atoms with Crippen molar-refractivity contribution in [3.05, 3.63) is 145 Å². The van der Waals surface area contributed by atoms with E-state index in [4.69, 9.17) is 11.0 Å². The van der Waals surface area contributed by atoms with Crippen molar-refractivity contribution in [2.24, 2.45) is 0 Å². The fourth-order valence-electron chi connectivity index (χ4n) is 6.08. The number of fused-ring (bicyclic) bond motifs is 6. The van der Waals surface area contributed by atoms with Crippen molar-refractivity contribution in [3.8, 4) is 27.9 Å². The minimum Gasteiger partial charge on any atom is -0.455 e. The summed E-state index contributed by atoms with van der Waals surface area (Å²) in [5.41, 5.74) is 9.65. The van der Waals surface area contributed by atoms with Crippen LogP contribution in [0.25, 0.3) is 76.5 Å². The molecule has 6 aromatic carbocycles. The summed E-state index contributed by atoms with van der Waals surface area (Å²) in [5.74, 6) is 0. The summed E-state index contributed by atoms with van der Waals surface area (Å²) in [4.78, 5) is 3.99. The topological polar surface area (TPSA) is 22.4 Å². The molecule has 0 saturated carbocycles. The Bertz CT molecular complexity index is 2240. The average Bonchev–Trinajstić information content (AvgIpc) is 3.57. The van der Waals surface area contributed by atoms with Gasteiger partial charge in [-0.3, -0.25) is 0 Å². The van der Waals surface area contributed by atoms with Gasteiger partial charge in [-0.1, -0.05) is 109 Å². The maximum Gasteiger partial charge on any atom is 0.211 e. The number of para-hydroxylation sites is 5. The van der Waals surface area contributed by atoms with Crippen molar-refractivity contribution < 1.29 is 4.42 Å². The summed E-state index contributed by atoms with van der Waals surface area (Å²) < 4.78 is 8.61. The molecule has 3 heteroatoms. The van der Waals surface area contributed by atoms with Crippen LogP contribution in [-0.2, 0) is 0 Å². The van der Waals surface area contributed by atoms with Crippen molar-refractivity contribution >= 4 is 49.4 Å². The van der Waals surface area contributed by atoms with Gasteiger partial charge in [0, 0.05) is 27.1 Å². The first-order valence-electron chi connectivity index (χ1n) is 13.3. The molecular formula is C37H22N2O. The van der Waals surface area contributed by atoms with E-state index in [-0.39, 0.29) is 0 Å². The SMILES string of the molecule is [C-]#[N+]c1cccc(-c2cccc(-c3cccc4c3oc3ccccc34)c2)c1-n1c2ccccc2c2ccccc21. The van der Waals surface area contributed by atoms with E-state index in [0.29, 0.717) is 5.69 Å². The highest BCUT2D eigenvalue weighted by atomic mass is 16.3. The predicted octanol–water partition coefficient (Wildman–Crippen LogP) is 10.6. The normalized spacial score (nSPS) is 11.5. The summed E-state index contributed by atoms with van der Waals surface area (Å²) in [5, 5.41) is 4.58. The third kappa shape index (κ3) is 3.24. The number of hydrogen-bond acceptors (Lipinski definition) is 1. The summed E-state index contributed by atoms with van der Waals surface area (Å²) in [6, 6.07) is 45.9. The van der Waals surface area contributed by atoms with Gasteiger partial charge in [-0.15, -0.1) is 0 Å². The molecule has 2 heterocycles. The second-order valence-corrected chi connectivity index (χ2v) is 10.0. The molecule has 0 fully saturated rings. The molecule has 0 aliphatic heterocycles. The van der Waals surface area contributed by atoms with Gasteiger partial charge in [-0.25, -0.2) is 4.85 Å². The average molecular weight is 511 g/mol. The van der Waals surface area contributed by atoms with E-state index in [9.17, 15) is 0 Å². The third-order valence-corrected chi connectivity index (χ3v) is 7.83. The predicted molar refractivity (Wildman–Crippen MR) is 165 cm³/mol. The van der Waals surface area contributed by atoms with Crippen LogP contribution in [0, 0.1) is 6.57 Å². The van der Waals surface area contributed by atoms with E-state index in [0.717, 1.165) is 60.9 Å². The first kappa shape index (κ1) is 22.4. The Kier molecular flexibility index (Phi) is 4.89. The van der Waals surface area contributed by atoms with Gasteiger partial charge in [0.05, 0.1) is 23.3 Å². The summed E-state index contributed by atoms with van der Waals surface area (Å²) in [6.45, 7) is 8.08. The highest BCUT2D eigenvalue weighted by Crippen LogP contribution is 2.42. The lowest BCUT2D eigenvalue weighted by molar-refractivity contribution is 0.670. The van der Waals surface area contributed by atoms with Crippen LogP contribution in [0.1, 0.15) is 0 Å². The van der Waals surface area contributed by atoms with E-state index < -0.39 is 0 Å². The lowest BCUT2D eigenvalue weighted by atomic mass is 9.96. The van der Waals surface area contributed by atoms with Gasteiger partial charge in [0.15, 0.2) is 0 Å². The molecule has 40 heavy (non-hydrogen) atoms. The molecule has 0 N–H and O–H groups in total. The lowest BCUT2D eigenvalue weighted by Gasteiger charge is -2.17. The smallest absolute Gasteiger partial charge is 0.211 e. The molecule has 2 aromatic heterocycles. The number of aromatic nitrogens is 1. The molecular weight excluding hydrogens is 488 g/mol. The molecule has 0 aliphatic rings. The number of rotatable bonds is 3. The Morgan fingerprint density at radius 1 is 0.525 bits per heavy atom. The molecule has 3 nitrogen and oxygen atoms in total. The van der Waals surface area contributed by atoms with E-state index in [1.165, 1.54) is 10.8 Å². The van der Waals surface area contributed by atoms with Gasteiger partial charge >= 0.3 is 0 Å². The number of hydrogen-bond donors (Lipinski definition) is 0. The molecule has 0 saturated heterocycles. The standard InChI is InChI=1S/C37H22N2O/c1-38-32-19-10-16-26(36(32)39-33-20-5-2-13-28(33)29-14-3-6-21-34(29)39)24-11-8-12-25(23-24)27-17-9-18-31-30-15-4-7-22-35(30)40-37(27)31/h2-23H. The quantitative estimate of drug-likeness (QED) is 0.217. The van der Waals surface area contributed by atoms with Crippen LogP contribution in [0.5, 0.6) is 0 Å². The molecule has 0 amide bonds. The molecule has 0 bridgehead atoms. The third-order valence-electron chi connectivity index (χ3n) is 7.83.